The Morgan fingerprint density at radius 2 is 0.442 bits per heavy atom. The molecule has 0 fully saturated rings. The van der Waals surface area contributed by atoms with E-state index in [1.165, 1.54) is 5.56 Å². The van der Waals surface area contributed by atoms with Gasteiger partial charge in [0.1, 0.15) is 0 Å². The Kier molecular flexibility index (Phi) is 14.0. The van der Waals surface area contributed by atoms with E-state index >= 15 is 0 Å². The lowest BCUT2D eigenvalue weighted by Gasteiger charge is -2.27. The van der Waals surface area contributed by atoms with Crippen LogP contribution in [0, 0.1) is 0 Å². The lowest BCUT2D eigenvalue weighted by atomic mass is 9.98. The maximum Gasteiger partial charge on any atom is 0.0462 e. The second-order valence-corrected chi connectivity index (χ2v) is 19.0. The molecule has 1 atom stereocenters. The standard InChI is InChI=1S/C73H56N4/c1-7-21-62(22-8-1)74(63-23-9-2-10-24-63)69-46-35-57(36-47-69)56-20-19-33-68(45-34-56)76(66-29-15-5-16-30-66)71-50-39-59(40-51-71)61-43-54-73(55-44-61)77(67-31-17-6-18-32-67)72-52-41-60(42-53-72)58-37-48-70(49-38-58)75(64-25-11-3-12-26-64)65-27-13-4-14-28-65/h1-56H. The highest BCUT2D eigenvalue weighted by molar-refractivity contribution is 5.83. The van der Waals surface area contributed by atoms with Gasteiger partial charge in [0.2, 0.25) is 0 Å². The van der Waals surface area contributed by atoms with Gasteiger partial charge in [0.05, 0.1) is 0 Å². The molecular formula is C73H56N4. The third kappa shape index (κ3) is 10.6. The molecule has 368 valence electrons. The zero-order valence-electron chi connectivity index (χ0n) is 42.6. The summed E-state index contributed by atoms with van der Waals surface area (Å²) in [6, 6.07) is 108. The molecule has 0 radical (unpaired) electrons. The van der Waals surface area contributed by atoms with Crippen molar-refractivity contribution in [1.29, 1.82) is 0 Å². The predicted octanol–water partition coefficient (Wildman–Crippen LogP) is 20.4. The van der Waals surface area contributed by atoms with Crippen LogP contribution in [0.15, 0.2) is 339 Å². The van der Waals surface area contributed by atoms with E-state index in [1.54, 1.807) is 0 Å². The first-order valence-corrected chi connectivity index (χ1v) is 26.3. The molecule has 0 aliphatic heterocycles. The van der Waals surface area contributed by atoms with Crippen molar-refractivity contribution in [2.24, 2.45) is 0 Å². The molecule has 1 aliphatic rings. The zero-order chi connectivity index (χ0) is 51.6. The van der Waals surface area contributed by atoms with Crippen LogP contribution in [0.3, 0.4) is 0 Å². The predicted molar refractivity (Wildman–Crippen MR) is 325 cm³/mol. The Morgan fingerprint density at radius 3 is 0.727 bits per heavy atom. The third-order valence-corrected chi connectivity index (χ3v) is 14.1. The van der Waals surface area contributed by atoms with Crippen LogP contribution in [-0.4, -0.2) is 0 Å². The highest BCUT2D eigenvalue weighted by Gasteiger charge is 2.19. The van der Waals surface area contributed by atoms with Crippen molar-refractivity contribution >= 4 is 62.6 Å². The van der Waals surface area contributed by atoms with Crippen molar-refractivity contribution in [3.63, 3.8) is 0 Å². The average Bonchev–Trinajstić information content (AvgIpc) is 3.76. The monoisotopic (exact) mass is 988 g/mol. The average molecular weight is 989 g/mol. The minimum Gasteiger partial charge on any atom is -0.311 e. The molecule has 4 nitrogen and oxygen atoms in total. The summed E-state index contributed by atoms with van der Waals surface area (Å²) in [5, 5.41) is 0. The molecule has 11 aromatic carbocycles. The fraction of sp³-hybridized carbons (Fsp3) is 0.0137. The maximum absolute atomic E-state index is 2.33. The summed E-state index contributed by atoms with van der Waals surface area (Å²) in [6.07, 6.45) is 11.3. The van der Waals surface area contributed by atoms with Gasteiger partial charge in [-0.2, -0.15) is 0 Å². The number of rotatable bonds is 15. The Bertz CT molecular complexity index is 3650. The van der Waals surface area contributed by atoms with Gasteiger partial charge in [0.15, 0.2) is 0 Å². The van der Waals surface area contributed by atoms with Crippen LogP contribution >= 0.6 is 0 Å². The van der Waals surface area contributed by atoms with E-state index in [-0.39, 0.29) is 5.92 Å². The normalized spacial score (nSPS) is 12.8. The van der Waals surface area contributed by atoms with Crippen LogP contribution in [0.4, 0.5) is 62.6 Å². The second-order valence-electron chi connectivity index (χ2n) is 19.0. The molecule has 0 saturated heterocycles. The molecule has 4 heteroatoms. The molecule has 0 aromatic heterocycles. The Hall–Kier alpha value is -10.2. The van der Waals surface area contributed by atoms with E-state index in [4.69, 9.17) is 0 Å². The summed E-state index contributed by atoms with van der Waals surface area (Å²) in [5.41, 5.74) is 19.1. The van der Waals surface area contributed by atoms with Gasteiger partial charge in [0.25, 0.3) is 0 Å². The van der Waals surface area contributed by atoms with Crippen molar-refractivity contribution in [3.05, 3.63) is 345 Å². The maximum atomic E-state index is 2.33. The number of hydrogen-bond donors (Lipinski definition) is 0. The van der Waals surface area contributed by atoms with Crippen molar-refractivity contribution in [1.82, 2.24) is 0 Å². The topological polar surface area (TPSA) is 13.0 Å². The summed E-state index contributed by atoms with van der Waals surface area (Å²) in [4.78, 5) is 9.25. The van der Waals surface area contributed by atoms with Gasteiger partial charge in [-0.1, -0.05) is 188 Å². The number of hydrogen-bond acceptors (Lipinski definition) is 4. The first kappa shape index (κ1) is 47.8. The van der Waals surface area contributed by atoms with Gasteiger partial charge < -0.3 is 19.6 Å². The van der Waals surface area contributed by atoms with Crippen LogP contribution in [-0.2, 0) is 0 Å². The van der Waals surface area contributed by atoms with Crippen LogP contribution in [0.25, 0.3) is 22.3 Å². The van der Waals surface area contributed by atoms with Gasteiger partial charge in [-0.05, 0) is 173 Å². The van der Waals surface area contributed by atoms with Gasteiger partial charge >= 0.3 is 0 Å². The van der Waals surface area contributed by atoms with Crippen molar-refractivity contribution < 1.29 is 0 Å². The zero-order valence-corrected chi connectivity index (χ0v) is 42.6. The summed E-state index contributed by atoms with van der Waals surface area (Å²) in [7, 11) is 0. The first-order valence-electron chi connectivity index (χ1n) is 26.3. The molecule has 1 aliphatic carbocycles. The number of benzene rings is 11. The first-order chi connectivity index (χ1) is 38.2. The molecule has 11 aromatic rings. The summed E-state index contributed by atoms with van der Waals surface area (Å²) in [6.45, 7) is 0. The highest BCUT2D eigenvalue weighted by Crippen LogP contribution is 2.41. The summed E-state index contributed by atoms with van der Waals surface area (Å²) >= 11 is 0. The quantitative estimate of drug-likeness (QED) is 0.101. The number of anilines is 11. The number of allylic oxidation sites excluding steroid dienone is 5. The molecule has 0 N–H and O–H groups in total. The number of nitrogens with zero attached hydrogens (tertiary/aromatic N) is 4. The molecule has 0 bridgehead atoms. The van der Waals surface area contributed by atoms with E-state index in [9.17, 15) is 0 Å². The van der Waals surface area contributed by atoms with E-state index in [0.29, 0.717) is 0 Å². The van der Waals surface area contributed by atoms with Crippen molar-refractivity contribution in [2.45, 2.75) is 5.92 Å². The van der Waals surface area contributed by atoms with E-state index < -0.39 is 0 Å². The largest absolute Gasteiger partial charge is 0.311 e. The van der Waals surface area contributed by atoms with E-state index in [2.05, 4.69) is 353 Å². The number of para-hydroxylation sites is 6. The Morgan fingerprint density at radius 1 is 0.208 bits per heavy atom. The summed E-state index contributed by atoms with van der Waals surface area (Å²) in [5.74, 6) is 0.112. The second kappa shape index (κ2) is 22.5. The smallest absolute Gasteiger partial charge is 0.0462 e. The fourth-order valence-corrected chi connectivity index (χ4v) is 10.3. The Labute approximate surface area is 453 Å². The van der Waals surface area contributed by atoms with Crippen LogP contribution < -0.4 is 19.6 Å². The molecule has 0 amide bonds. The van der Waals surface area contributed by atoms with E-state index in [1.807, 2.05) is 0 Å². The minimum absolute atomic E-state index is 0.112. The van der Waals surface area contributed by atoms with Gasteiger partial charge in [-0.15, -0.1) is 0 Å². The highest BCUT2D eigenvalue weighted by atomic mass is 15.2. The fourth-order valence-electron chi connectivity index (χ4n) is 10.3. The molecule has 1 unspecified atom stereocenters. The molecule has 0 heterocycles. The van der Waals surface area contributed by atoms with Crippen molar-refractivity contribution in [2.75, 3.05) is 19.6 Å². The molecule has 0 saturated carbocycles. The molecule has 0 spiro atoms. The summed E-state index contributed by atoms with van der Waals surface area (Å²) < 4.78 is 0. The van der Waals surface area contributed by atoms with Gasteiger partial charge in [-0.25, -0.2) is 0 Å². The molecular weight excluding hydrogens is 933 g/mol. The SMILES string of the molecule is C1=CC(c2ccc(N(c3ccccc3)c3ccccc3)cc2)C=CC(N(c2ccccc2)c2ccc(-c3ccc(N(c4ccccc4)c4ccc(-c5ccc(N(c6ccccc6)c6ccccc6)cc5)cc4)cc3)cc2)=C1. The Balaban J connectivity index is 0.767. The van der Waals surface area contributed by atoms with Gasteiger partial charge in [0, 0.05) is 74.2 Å². The van der Waals surface area contributed by atoms with E-state index in [0.717, 1.165) is 90.5 Å². The minimum atomic E-state index is 0.112. The molecule has 12 rings (SSSR count). The van der Waals surface area contributed by atoms with Crippen LogP contribution in [0.1, 0.15) is 11.5 Å². The van der Waals surface area contributed by atoms with Crippen LogP contribution in [0.2, 0.25) is 0 Å². The van der Waals surface area contributed by atoms with Gasteiger partial charge in [-0.3, -0.25) is 0 Å². The third-order valence-electron chi connectivity index (χ3n) is 14.1. The lowest BCUT2D eigenvalue weighted by molar-refractivity contribution is 1.08. The van der Waals surface area contributed by atoms with Crippen molar-refractivity contribution in [3.8, 4) is 22.3 Å². The lowest BCUT2D eigenvalue weighted by Crippen LogP contribution is -2.15. The van der Waals surface area contributed by atoms with Crippen LogP contribution in [0.5, 0.6) is 0 Å². The molecule has 77 heavy (non-hydrogen) atoms.